The van der Waals surface area contributed by atoms with Crippen LogP contribution in [0.3, 0.4) is 0 Å². The third kappa shape index (κ3) is 6.81. The molecule has 0 spiro atoms. The molecule has 1 atom stereocenters. The maximum absolute atomic E-state index is 9.72. The number of hydrogen-bond donors (Lipinski definition) is 1. The molecule has 0 radical (unpaired) electrons. The van der Waals surface area contributed by atoms with E-state index in [9.17, 15) is 5.11 Å². The van der Waals surface area contributed by atoms with E-state index >= 15 is 0 Å². The fourth-order valence-electron chi connectivity index (χ4n) is 0.958. The summed E-state index contributed by atoms with van der Waals surface area (Å²) in [6.07, 6.45) is 5.96. The number of aliphatic hydroxyl groups is 1. The molecular formula is C9H17IO. The molecule has 0 aromatic carbocycles. The van der Waals surface area contributed by atoms with Crippen molar-refractivity contribution in [3.8, 4) is 0 Å². The average Bonchev–Trinajstić information content (AvgIpc) is 1.97. The van der Waals surface area contributed by atoms with Gasteiger partial charge in [0.25, 0.3) is 0 Å². The monoisotopic (exact) mass is 268 g/mol. The minimum absolute atomic E-state index is 0.488. The molecule has 1 N–H and O–H groups in total. The van der Waals surface area contributed by atoms with Gasteiger partial charge in [0.05, 0.1) is 5.60 Å². The fourth-order valence-corrected chi connectivity index (χ4v) is 1.21. The van der Waals surface area contributed by atoms with Crippen molar-refractivity contribution in [2.75, 3.05) is 0 Å². The van der Waals surface area contributed by atoms with Crippen LogP contribution in [0.1, 0.15) is 39.5 Å². The van der Waals surface area contributed by atoms with E-state index in [1.54, 1.807) is 0 Å². The van der Waals surface area contributed by atoms with Crippen LogP contribution in [-0.2, 0) is 0 Å². The molecule has 0 aliphatic carbocycles. The molecule has 11 heavy (non-hydrogen) atoms. The molecule has 0 saturated carbocycles. The Balaban J connectivity index is 3.60. The molecule has 0 saturated heterocycles. The molecule has 2 heteroatoms. The van der Waals surface area contributed by atoms with Gasteiger partial charge in [0.1, 0.15) is 0 Å². The lowest BCUT2D eigenvalue weighted by molar-refractivity contribution is 0.0518. The molecule has 1 unspecified atom stereocenters. The first-order valence-electron chi connectivity index (χ1n) is 4.10. The Hall–Kier alpha value is 0.430. The van der Waals surface area contributed by atoms with E-state index in [1.807, 2.05) is 17.1 Å². The van der Waals surface area contributed by atoms with E-state index in [0.717, 1.165) is 25.7 Å². The predicted molar refractivity (Wildman–Crippen MR) is 57.9 cm³/mol. The molecule has 0 rings (SSSR count). The topological polar surface area (TPSA) is 20.2 Å². The summed E-state index contributed by atoms with van der Waals surface area (Å²) in [7, 11) is 0. The van der Waals surface area contributed by atoms with E-state index in [2.05, 4.69) is 29.5 Å². The van der Waals surface area contributed by atoms with Crippen LogP contribution < -0.4 is 0 Å². The van der Waals surface area contributed by atoms with Crippen molar-refractivity contribution in [2.45, 2.75) is 45.1 Å². The summed E-state index contributed by atoms with van der Waals surface area (Å²) in [5, 5.41) is 9.72. The molecule has 0 bridgehead atoms. The van der Waals surface area contributed by atoms with E-state index < -0.39 is 5.60 Å². The van der Waals surface area contributed by atoms with Crippen LogP contribution in [0.4, 0.5) is 0 Å². The minimum atomic E-state index is -0.488. The Bertz CT molecular complexity index is 119. The highest BCUT2D eigenvalue weighted by atomic mass is 127. The highest BCUT2D eigenvalue weighted by Crippen LogP contribution is 2.18. The van der Waals surface area contributed by atoms with Crippen molar-refractivity contribution in [1.82, 2.24) is 0 Å². The number of unbranched alkanes of at least 4 members (excludes halogenated alkanes) is 1. The SMILES string of the molecule is CCCCC(C)(O)C/C=C/I. The van der Waals surface area contributed by atoms with Crippen molar-refractivity contribution in [1.29, 1.82) is 0 Å². The van der Waals surface area contributed by atoms with E-state index in [-0.39, 0.29) is 0 Å². The summed E-state index contributed by atoms with van der Waals surface area (Å²) in [5.41, 5.74) is -0.488. The fraction of sp³-hybridized carbons (Fsp3) is 0.778. The Kier molecular flexibility index (Phi) is 6.24. The maximum atomic E-state index is 9.72. The summed E-state index contributed by atoms with van der Waals surface area (Å²) in [6.45, 7) is 4.05. The van der Waals surface area contributed by atoms with Gasteiger partial charge >= 0.3 is 0 Å². The van der Waals surface area contributed by atoms with Crippen LogP contribution >= 0.6 is 22.6 Å². The molecule has 0 aliphatic rings. The van der Waals surface area contributed by atoms with E-state index in [4.69, 9.17) is 0 Å². The molecular weight excluding hydrogens is 251 g/mol. The van der Waals surface area contributed by atoms with Crippen molar-refractivity contribution in [2.24, 2.45) is 0 Å². The first kappa shape index (κ1) is 11.4. The molecule has 0 amide bonds. The third-order valence-electron chi connectivity index (χ3n) is 1.72. The first-order chi connectivity index (χ1) is 5.12. The Morgan fingerprint density at radius 2 is 2.18 bits per heavy atom. The van der Waals surface area contributed by atoms with Gasteiger partial charge in [0.2, 0.25) is 0 Å². The van der Waals surface area contributed by atoms with Gasteiger partial charge in [-0.25, -0.2) is 0 Å². The summed E-state index contributed by atoms with van der Waals surface area (Å²) >= 11 is 2.17. The first-order valence-corrected chi connectivity index (χ1v) is 5.34. The zero-order chi connectivity index (χ0) is 8.74. The molecule has 1 nitrogen and oxygen atoms in total. The zero-order valence-electron chi connectivity index (χ0n) is 7.31. The lowest BCUT2D eigenvalue weighted by Crippen LogP contribution is -2.22. The van der Waals surface area contributed by atoms with Crippen LogP contribution in [0.25, 0.3) is 0 Å². The Morgan fingerprint density at radius 3 is 2.64 bits per heavy atom. The lowest BCUT2D eigenvalue weighted by Gasteiger charge is -2.20. The predicted octanol–water partition coefficient (Wildman–Crippen LogP) is 3.27. The summed E-state index contributed by atoms with van der Waals surface area (Å²) in [6, 6.07) is 0. The van der Waals surface area contributed by atoms with Crippen LogP contribution in [0.15, 0.2) is 10.2 Å². The molecule has 0 heterocycles. The molecule has 0 aromatic heterocycles. The zero-order valence-corrected chi connectivity index (χ0v) is 9.47. The summed E-state index contributed by atoms with van der Waals surface area (Å²) in [5.74, 6) is 0. The van der Waals surface area contributed by atoms with Crippen LogP contribution in [-0.4, -0.2) is 10.7 Å². The van der Waals surface area contributed by atoms with Crippen LogP contribution in [0, 0.1) is 0 Å². The van der Waals surface area contributed by atoms with E-state index in [1.165, 1.54) is 0 Å². The standard InChI is InChI=1S/C9H17IO/c1-3-4-6-9(2,11)7-5-8-10/h5,8,11H,3-4,6-7H2,1-2H3/b8-5+. The molecule has 0 fully saturated rings. The van der Waals surface area contributed by atoms with Crippen molar-refractivity contribution >= 4 is 22.6 Å². The molecule has 0 aromatic rings. The van der Waals surface area contributed by atoms with Crippen LogP contribution in [0.2, 0.25) is 0 Å². The number of rotatable bonds is 5. The van der Waals surface area contributed by atoms with Crippen LogP contribution in [0.5, 0.6) is 0 Å². The number of halogens is 1. The Morgan fingerprint density at radius 1 is 1.55 bits per heavy atom. The summed E-state index contributed by atoms with van der Waals surface area (Å²) < 4.78 is 1.96. The summed E-state index contributed by atoms with van der Waals surface area (Å²) in [4.78, 5) is 0. The van der Waals surface area contributed by atoms with Crippen molar-refractivity contribution in [3.05, 3.63) is 10.2 Å². The highest BCUT2D eigenvalue weighted by Gasteiger charge is 2.16. The quantitative estimate of drug-likeness (QED) is 0.759. The maximum Gasteiger partial charge on any atom is 0.0654 e. The second-order valence-electron chi connectivity index (χ2n) is 3.17. The van der Waals surface area contributed by atoms with Gasteiger partial charge in [-0.3, -0.25) is 0 Å². The second kappa shape index (κ2) is 6.00. The third-order valence-corrected chi connectivity index (χ3v) is 2.22. The minimum Gasteiger partial charge on any atom is -0.390 e. The number of hydrogen-bond acceptors (Lipinski definition) is 1. The van der Waals surface area contributed by atoms with Gasteiger partial charge in [0.15, 0.2) is 0 Å². The average molecular weight is 268 g/mol. The molecule has 0 aliphatic heterocycles. The lowest BCUT2D eigenvalue weighted by atomic mass is 9.96. The van der Waals surface area contributed by atoms with Gasteiger partial charge < -0.3 is 5.11 Å². The van der Waals surface area contributed by atoms with E-state index in [0.29, 0.717) is 0 Å². The van der Waals surface area contributed by atoms with Crippen molar-refractivity contribution in [3.63, 3.8) is 0 Å². The van der Waals surface area contributed by atoms with Gasteiger partial charge in [0, 0.05) is 0 Å². The van der Waals surface area contributed by atoms with Gasteiger partial charge in [-0.05, 0) is 23.8 Å². The smallest absolute Gasteiger partial charge is 0.0654 e. The normalized spacial score (nSPS) is 17.1. The second-order valence-corrected chi connectivity index (χ2v) is 3.89. The highest BCUT2D eigenvalue weighted by molar-refractivity contribution is 14.1. The van der Waals surface area contributed by atoms with Gasteiger partial charge in [-0.2, -0.15) is 0 Å². The largest absolute Gasteiger partial charge is 0.390 e. The molecule has 66 valence electrons. The van der Waals surface area contributed by atoms with Gasteiger partial charge in [-0.1, -0.05) is 48.4 Å². The van der Waals surface area contributed by atoms with Crippen molar-refractivity contribution < 1.29 is 5.11 Å². The Labute approximate surface area is 83.0 Å². The van der Waals surface area contributed by atoms with Gasteiger partial charge in [-0.15, -0.1) is 0 Å².